The van der Waals surface area contributed by atoms with Crippen molar-refractivity contribution in [2.45, 2.75) is 26.3 Å². The van der Waals surface area contributed by atoms with E-state index in [0.717, 1.165) is 9.88 Å². The minimum Gasteiger partial charge on any atom is -0.478 e. The molecule has 0 fully saturated rings. The second-order valence-corrected chi connectivity index (χ2v) is 6.48. The lowest BCUT2D eigenvalue weighted by molar-refractivity contribution is 0.0697. The summed E-state index contributed by atoms with van der Waals surface area (Å²) in [6.45, 7) is 5.68. The van der Waals surface area contributed by atoms with Gasteiger partial charge in [-0.3, -0.25) is 4.79 Å². The van der Waals surface area contributed by atoms with Gasteiger partial charge in [-0.25, -0.2) is 9.78 Å². The van der Waals surface area contributed by atoms with E-state index in [1.54, 1.807) is 18.3 Å². The number of benzene rings is 1. The highest BCUT2D eigenvalue weighted by Gasteiger charge is 2.26. The predicted molar refractivity (Wildman–Crippen MR) is 80.7 cm³/mol. The van der Waals surface area contributed by atoms with Crippen molar-refractivity contribution in [2.75, 3.05) is 0 Å². The number of aromatic carboxylic acids is 1. The van der Waals surface area contributed by atoms with Gasteiger partial charge in [-0.15, -0.1) is 11.3 Å². The fraction of sp³-hybridized carbons (Fsp3) is 0.267. The van der Waals surface area contributed by atoms with E-state index in [-0.39, 0.29) is 11.5 Å². The van der Waals surface area contributed by atoms with Gasteiger partial charge >= 0.3 is 5.97 Å². The standard InChI is InChI=1S/C15H16N2O3S/c1-9-8-16-14(21-9)15(2,3)17-12(18)10-5-4-6-11(7-10)13(19)20/h4-8H,1-3H3,(H,17,18)(H,19,20). The van der Waals surface area contributed by atoms with E-state index in [2.05, 4.69) is 10.3 Å². The van der Waals surface area contributed by atoms with Crippen LogP contribution in [0.15, 0.2) is 30.5 Å². The Morgan fingerprint density at radius 1 is 1.29 bits per heavy atom. The number of nitrogens with one attached hydrogen (secondary N) is 1. The Labute approximate surface area is 126 Å². The number of carboxylic acids is 1. The number of nitrogens with zero attached hydrogens (tertiary/aromatic N) is 1. The van der Waals surface area contributed by atoms with Gasteiger partial charge in [-0.05, 0) is 39.0 Å². The minimum atomic E-state index is -1.06. The molecule has 0 aliphatic rings. The van der Waals surface area contributed by atoms with Gasteiger partial charge < -0.3 is 10.4 Å². The molecular formula is C15H16N2O3S. The summed E-state index contributed by atoms with van der Waals surface area (Å²) in [7, 11) is 0. The first-order chi connectivity index (χ1) is 9.79. The average molecular weight is 304 g/mol. The highest BCUT2D eigenvalue weighted by molar-refractivity contribution is 7.11. The third-order valence-electron chi connectivity index (χ3n) is 2.95. The van der Waals surface area contributed by atoms with Crippen LogP contribution in [0.1, 0.15) is 44.4 Å². The maximum Gasteiger partial charge on any atom is 0.335 e. The van der Waals surface area contributed by atoms with Crippen LogP contribution in [0.5, 0.6) is 0 Å². The molecule has 0 saturated heterocycles. The van der Waals surface area contributed by atoms with Gasteiger partial charge in [0.15, 0.2) is 0 Å². The fourth-order valence-electron chi connectivity index (χ4n) is 1.85. The Morgan fingerprint density at radius 3 is 2.52 bits per heavy atom. The van der Waals surface area contributed by atoms with Crippen LogP contribution in [-0.4, -0.2) is 22.0 Å². The number of aryl methyl sites for hydroxylation is 1. The summed E-state index contributed by atoms with van der Waals surface area (Å²) in [5, 5.41) is 12.7. The Bertz CT molecular complexity index is 692. The Hall–Kier alpha value is -2.21. The lowest BCUT2D eigenvalue weighted by Crippen LogP contribution is -2.41. The molecule has 0 atom stereocenters. The number of carboxylic acid groups (broad SMARTS) is 1. The first kappa shape index (κ1) is 15.2. The Kier molecular flexibility index (Phi) is 4.09. The zero-order valence-corrected chi connectivity index (χ0v) is 12.8. The van der Waals surface area contributed by atoms with Gasteiger partial charge in [-0.1, -0.05) is 6.07 Å². The maximum absolute atomic E-state index is 12.3. The van der Waals surface area contributed by atoms with Crippen molar-refractivity contribution in [3.63, 3.8) is 0 Å². The van der Waals surface area contributed by atoms with E-state index in [0.29, 0.717) is 5.56 Å². The van der Waals surface area contributed by atoms with Crippen LogP contribution < -0.4 is 5.32 Å². The van der Waals surface area contributed by atoms with Gasteiger partial charge in [0, 0.05) is 16.6 Å². The van der Waals surface area contributed by atoms with Crippen molar-refractivity contribution >= 4 is 23.2 Å². The van der Waals surface area contributed by atoms with E-state index in [4.69, 9.17) is 5.11 Å². The van der Waals surface area contributed by atoms with Crippen LogP contribution in [0.4, 0.5) is 0 Å². The highest BCUT2D eigenvalue weighted by atomic mass is 32.1. The topological polar surface area (TPSA) is 79.3 Å². The molecule has 5 nitrogen and oxygen atoms in total. The molecule has 110 valence electrons. The van der Waals surface area contributed by atoms with Gasteiger partial charge in [0.05, 0.1) is 11.1 Å². The van der Waals surface area contributed by atoms with Crippen LogP contribution in [0, 0.1) is 6.92 Å². The van der Waals surface area contributed by atoms with E-state index < -0.39 is 11.5 Å². The van der Waals surface area contributed by atoms with Crippen LogP contribution in [0.2, 0.25) is 0 Å². The van der Waals surface area contributed by atoms with E-state index >= 15 is 0 Å². The van der Waals surface area contributed by atoms with Crippen molar-refractivity contribution in [1.29, 1.82) is 0 Å². The number of carbonyl (C=O) groups excluding carboxylic acids is 1. The average Bonchev–Trinajstić information content (AvgIpc) is 2.86. The largest absolute Gasteiger partial charge is 0.478 e. The monoisotopic (exact) mass is 304 g/mol. The number of rotatable bonds is 4. The lowest BCUT2D eigenvalue weighted by Gasteiger charge is -2.23. The second-order valence-electron chi connectivity index (χ2n) is 5.24. The van der Waals surface area contributed by atoms with Crippen molar-refractivity contribution in [3.05, 3.63) is 51.5 Å². The van der Waals surface area contributed by atoms with E-state index in [1.807, 2.05) is 20.8 Å². The minimum absolute atomic E-state index is 0.0885. The number of carbonyl (C=O) groups is 2. The molecule has 1 aromatic heterocycles. The molecular weight excluding hydrogens is 288 g/mol. The SMILES string of the molecule is Cc1cnc(C(C)(C)NC(=O)c2cccc(C(=O)O)c2)s1. The van der Waals surface area contributed by atoms with Crippen LogP contribution in [0.25, 0.3) is 0 Å². The normalized spacial score (nSPS) is 11.2. The van der Waals surface area contributed by atoms with Crippen molar-refractivity contribution in [2.24, 2.45) is 0 Å². The zero-order chi connectivity index (χ0) is 15.6. The lowest BCUT2D eigenvalue weighted by atomic mass is 10.0. The van der Waals surface area contributed by atoms with Gasteiger partial charge in [0.25, 0.3) is 5.91 Å². The van der Waals surface area contributed by atoms with Crippen molar-refractivity contribution in [3.8, 4) is 0 Å². The molecule has 0 spiro atoms. The van der Waals surface area contributed by atoms with Gasteiger partial charge in [-0.2, -0.15) is 0 Å². The molecule has 0 aliphatic carbocycles. The number of thiazole rings is 1. The number of hydrogen-bond donors (Lipinski definition) is 2. The Morgan fingerprint density at radius 2 is 1.95 bits per heavy atom. The number of hydrogen-bond acceptors (Lipinski definition) is 4. The molecule has 2 rings (SSSR count). The molecule has 1 heterocycles. The van der Waals surface area contributed by atoms with Crippen LogP contribution in [0.3, 0.4) is 0 Å². The fourth-order valence-corrected chi connectivity index (χ4v) is 2.67. The smallest absolute Gasteiger partial charge is 0.335 e. The molecule has 21 heavy (non-hydrogen) atoms. The molecule has 0 unspecified atom stereocenters. The van der Waals surface area contributed by atoms with Crippen LogP contribution >= 0.6 is 11.3 Å². The van der Waals surface area contributed by atoms with Gasteiger partial charge in [0.2, 0.25) is 0 Å². The van der Waals surface area contributed by atoms with Crippen LogP contribution in [-0.2, 0) is 5.54 Å². The maximum atomic E-state index is 12.3. The second kappa shape index (κ2) is 5.65. The third-order valence-corrected chi connectivity index (χ3v) is 4.19. The molecule has 1 aromatic carbocycles. The van der Waals surface area contributed by atoms with E-state index in [9.17, 15) is 9.59 Å². The highest BCUT2D eigenvalue weighted by Crippen LogP contribution is 2.25. The molecule has 2 N–H and O–H groups in total. The van der Waals surface area contributed by atoms with Gasteiger partial charge in [0.1, 0.15) is 5.01 Å². The summed E-state index contributed by atoms with van der Waals surface area (Å²) in [5.41, 5.74) is -0.211. The molecule has 0 radical (unpaired) electrons. The molecule has 0 aliphatic heterocycles. The summed E-state index contributed by atoms with van der Waals surface area (Å²) >= 11 is 1.52. The molecule has 6 heteroatoms. The zero-order valence-electron chi connectivity index (χ0n) is 12.0. The van der Waals surface area contributed by atoms with E-state index in [1.165, 1.54) is 23.5 Å². The molecule has 2 aromatic rings. The van der Waals surface area contributed by atoms with Crippen molar-refractivity contribution in [1.82, 2.24) is 10.3 Å². The molecule has 0 bridgehead atoms. The molecule has 1 amide bonds. The summed E-state index contributed by atoms with van der Waals surface area (Å²) in [5.74, 6) is -1.38. The third kappa shape index (κ3) is 3.46. The number of aromatic nitrogens is 1. The number of amides is 1. The Balaban J connectivity index is 2.21. The quantitative estimate of drug-likeness (QED) is 0.910. The summed E-state index contributed by atoms with van der Waals surface area (Å²) in [6.07, 6.45) is 1.76. The first-order valence-electron chi connectivity index (χ1n) is 6.38. The summed E-state index contributed by atoms with van der Waals surface area (Å²) in [4.78, 5) is 28.6. The van der Waals surface area contributed by atoms with Crippen molar-refractivity contribution < 1.29 is 14.7 Å². The summed E-state index contributed by atoms with van der Waals surface area (Å²) in [6, 6.07) is 5.96. The first-order valence-corrected chi connectivity index (χ1v) is 7.20. The molecule has 0 saturated carbocycles. The predicted octanol–water partition coefficient (Wildman–Crippen LogP) is 2.81. The summed E-state index contributed by atoms with van der Waals surface area (Å²) < 4.78 is 0.